The van der Waals surface area contributed by atoms with Crippen molar-refractivity contribution in [3.8, 4) is 0 Å². The van der Waals surface area contributed by atoms with Crippen molar-refractivity contribution in [1.82, 2.24) is 9.80 Å². The first kappa shape index (κ1) is 19.6. The van der Waals surface area contributed by atoms with Crippen molar-refractivity contribution in [1.29, 1.82) is 0 Å². The quantitative estimate of drug-likeness (QED) is 0.804. The summed E-state index contributed by atoms with van der Waals surface area (Å²) in [5, 5.41) is 0. The maximum Gasteiger partial charge on any atom is 0.241 e. The lowest BCUT2D eigenvalue weighted by Gasteiger charge is -2.38. The average molecular weight is 392 g/mol. The van der Waals surface area contributed by atoms with Crippen LogP contribution in [0.1, 0.15) is 30.4 Å². The molecule has 5 heteroatoms. The van der Waals surface area contributed by atoms with Gasteiger partial charge in [-0.25, -0.2) is 0 Å². The first-order chi connectivity index (χ1) is 14.1. The van der Waals surface area contributed by atoms with E-state index >= 15 is 0 Å². The van der Waals surface area contributed by atoms with E-state index in [4.69, 9.17) is 0 Å². The van der Waals surface area contributed by atoms with Crippen molar-refractivity contribution in [3.05, 3.63) is 65.7 Å². The fourth-order valence-corrected chi connectivity index (χ4v) is 4.47. The Morgan fingerprint density at radius 3 is 2.48 bits per heavy atom. The second kappa shape index (κ2) is 8.78. The summed E-state index contributed by atoms with van der Waals surface area (Å²) in [4.78, 5) is 31.6. The van der Waals surface area contributed by atoms with E-state index < -0.39 is 0 Å². The summed E-state index contributed by atoms with van der Waals surface area (Å²) < 4.78 is 0. The number of benzene rings is 2. The molecule has 0 bridgehead atoms. The molecule has 4 rings (SSSR count). The standard InChI is InChI=1S/C24H29N3O2/c1-19-6-5-7-20(16-19)17-26-13-12-21(10-11-23(26)28)25-14-15-27(24(29)18-25)22-8-3-2-4-9-22/h2-9,16,21H,10-15,17-18H2,1H3. The predicted octanol–water partition coefficient (Wildman–Crippen LogP) is 3.22. The number of nitrogens with zero attached hydrogens (tertiary/aromatic N) is 3. The highest BCUT2D eigenvalue weighted by Gasteiger charge is 2.32. The molecule has 2 aliphatic heterocycles. The third-order valence-electron chi connectivity index (χ3n) is 6.07. The SMILES string of the molecule is Cc1cccc(CN2CCC(N3CCN(c4ccccc4)C(=O)C3)CCC2=O)c1. The minimum Gasteiger partial charge on any atom is -0.338 e. The van der Waals surface area contributed by atoms with Gasteiger partial charge in [-0.2, -0.15) is 0 Å². The van der Waals surface area contributed by atoms with Crippen LogP contribution in [0.4, 0.5) is 5.69 Å². The molecule has 0 N–H and O–H groups in total. The van der Waals surface area contributed by atoms with Crippen LogP contribution in [0.15, 0.2) is 54.6 Å². The summed E-state index contributed by atoms with van der Waals surface area (Å²) in [6, 6.07) is 18.5. The van der Waals surface area contributed by atoms with E-state index in [-0.39, 0.29) is 11.8 Å². The molecule has 2 saturated heterocycles. The first-order valence-electron chi connectivity index (χ1n) is 10.5. The Balaban J connectivity index is 1.36. The second-order valence-electron chi connectivity index (χ2n) is 8.14. The van der Waals surface area contributed by atoms with Crippen molar-refractivity contribution < 1.29 is 9.59 Å². The predicted molar refractivity (Wildman–Crippen MR) is 115 cm³/mol. The van der Waals surface area contributed by atoms with Crippen LogP contribution in [0.3, 0.4) is 0 Å². The van der Waals surface area contributed by atoms with Crippen LogP contribution >= 0.6 is 0 Å². The van der Waals surface area contributed by atoms with Crippen molar-refractivity contribution >= 4 is 17.5 Å². The van der Waals surface area contributed by atoms with Crippen LogP contribution < -0.4 is 4.90 Å². The Bertz CT molecular complexity index is 867. The van der Waals surface area contributed by atoms with Crippen LogP contribution in [0.2, 0.25) is 0 Å². The molecule has 2 aliphatic rings. The van der Waals surface area contributed by atoms with Gasteiger partial charge >= 0.3 is 0 Å². The van der Waals surface area contributed by atoms with Gasteiger partial charge < -0.3 is 9.80 Å². The Kier molecular flexibility index (Phi) is 5.95. The molecule has 0 saturated carbocycles. The summed E-state index contributed by atoms with van der Waals surface area (Å²) in [5.74, 6) is 0.373. The molecule has 152 valence electrons. The molecule has 29 heavy (non-hydrogen) atoms. The van der Waals surface area contributed by atoms with E-state index in [2.05, 4.69) is 30.0 Å². The van der Waals surface area contributed by atoms with Crippen molar-refractivity contribution in [2.45, 2.75) is 38.8 Å². The third kappa shape index (κ3) is 4.67. The normalized spacial score (nSPS) is 21.3. The molecule has 5 nitrogen and oxygen atoms in total. The van der Waals surface area contributed by atoms with Crippen LogP contribution in [-0.4, -0.2) is 53.8 Å². The van der Waals surface area contributed by atoms with Gasteiger partial charge in [-0.3, -0.25) is 14.5 Å². The summed E-state index contributed by atoms with van der Waals surface area (Å²) in [6.07, 6.45) is 2.32. The maximum absolute atomic E-state index is 12.7. The number of aryl methyl sites for hydroxylation is 1. The van der Waals surface area contributed by atoms with Crippen LogP contribution in [-0.2, 0) is 16.1 Å². The van der Waals surface area contributed by atoms with Gasteiger partial charge in [0.2, 0.25) is 11.8 Å². The molecule has 1 unspecified atom stereocenters. The molecule has 0 radical (unpaired) electrons. The Labute approximate surface area is 172 Å². The van der Waals surface area contributed by atoms with E-state index in [0.717, 1.165) is 31.6 Å². The summed E-state index contributed by atoms with van der Waals surface area (Å²) in [7, 11) is 0. The fraction of sp³-hybridized carbons (Fsp3) is 0.417. The average Bonchev–Trinajstić information content (AvgIpc) is 2.90. The van der Waals surface area contributed by atoms with Crippen molar-refractivity contribution in [3.63, 3.8) is 0 Å². The Morgan fingerprint density at radius 1 is 0.897 bits per heavy atom. The van der Waals surface area contributed by atoms with Crippen LogP contribution in [0.5, 0.6) is 0 Å². The Hall–Kier alpha value is -2.66. The smallest absolute Gasteiger partial charge is 0.241 e. The van der Waals surface area contributed by atoms with E-state index in [0.29, 0.717) is 32.1 Å². The van der Waals surface area contributed by atoms with E-state index in [1.54, 1.807) is 0 Å². The largest absolute Gasteiger partial charge is 0.338 e. The van der Waals surface area contributed by atoms with E-state index in [1.807, 2.05) is 46.2 Å². The summed E-state index contributed by atoms with van der Waals surface area (Å²) in [6.45, 7) is 5.51. The van der Waals surface area contributed by atoms with Gasteiger partial charge in [-0.05, 0) is 37.5 Å². The van der Waals surface area contributed by atoms with Gasteiger partial charge in [-0.15, -0.1) is 0 Å². The molecule has 0 aromatic heterocycles. The van der Waals surface area contributed by atoms with Gasteiger partial charge in [-0.1, -0.05) is 48.0 Å². The number of carbonyl (C=O) groups excluding carboxylic acids is 2. The zero-order valence-corrected chi connectivity index (χ0v) is 17.1. The van der Waals surface area contributed by atoms with Gasteiger partial charge in [0.1, 0.15) is 0 Å². The lowest BCUT2D eigenvalue weighted by atomic mass is 10.1. The Morgan fingerprint density at radius 2 is 1.72 bits per heavy atom. The second-order valence-corrected chi connectivity index (χ2v) is 8.14. The van der Waals surface area contributed by atoms with Gasteiger partial charge in [0.25, 0.3) is 0 Å². The highest BCUT2D eigenvalue weighted by atomic mass is 16.2. The number of likely N-dealkylation sites (tertiary alicyclic amines) is 1. The molecule has 1 atom stereocenters. The monoisotopic (exact) mass is 391 g/mol. The third-order valence-corrected chi connectivity index (χ3v) is 6.07. The topological polar surface area (TPSA) is 43.9 Å². The van der Waals surface area contributed by atoms with Gasteiger partial charge in [0, 0.05) is 44.3 Å². The molecule has 2 fully saturated rings. The number of para-hydroxylation sites is 1. The van der Waals surface area contributed by atoms with Gasteiger partial charge in [0.05, 0.1) is 6.54 Å². The van der Waals surface area contributed by atoms with Crippen molar-refractivity contribution in [2.75, 3.05) is 31.1 Å². The molecule has 0 spiro atoms. The summed E-state index contributed by atoms with van der Waals surface area (Å²) in [5.41, 5.74) is 3.37. The molecular weight excluding hydrogens is 362 g/mol. The lowest BCUT2D eigenvalue weighted by Crippen LogP contribution is -2.53. The number of hydrogen-bond acceptors (Lipinski definition) is 3. The van der Waals surface area contributed by atoms with Crippen LogP contribution in [0, 0.1) is 6.92 Å². The minimum atomic E-state index is 0.148. The van der Waals surface area contributed by atoms with Crippen molar-refractivity contribution in [2.24, 2.45) is 0 Å². The zero-order valence-electron chi connectivity index (χ0n) is 17.1. The van der Waals surface area contributed by atoms with Crippen LogP contribution in [0.25, 0.3) is 0 Å². The molecule has 2 aromatic rings. The highest BCUT2D eigenvalue weighted by molar-refractivity contribution is 5.95. The number of amides is 2. The molecule has 2 heterocycles. The minimum absolute atomic E-state index is 0.148. The van der Waals surface area contributed by atoms with E-state index in [9.17, 15) is 9.59 Å². The summed E-state index contributed by atoms with van der Waals surface area (Å²) >= 11 is 0. The number of anilines is 1. The number of piperazine rings is 1. The molecule has 2 aromatic carbocycles. The molecule has 0 aliphatic carbocycles. The highest BCUT2D eigenvalue weighted by Crippen LogP contribution is 2.23. The lowest BCUT2D eigenvalue weighted by molar-refractivity contribution is -0.131. The molecular formula is C24H29N3O2. The molecule has 2 amide bonds. The fourth-order valence-electron chi connectivity index (χ4n) is 4.47. The van der Waals surface area contributed by atoms with Gasteiger partial charge in [0.15, 0.2) is 0 Å². The number of carbonyl (C=O) groups is 2. The number of rotatable bonds is 4. The first-order valence-corrected chi connectivity index (χ1v) is 10.5. The maximum atomic E-state index is 12.7. The zero-order chi connectivity index (χ0) is 20.2. The number of hydrogen-bond donors (Lipinski definition) is 0. The van der Waals surface area contributed by atoms with E-state index in [1.165, 1.54) is 11.1 Å².